The molecule has 2 heterocycles. The van der Waals surface area contributed by atoms with Crippen LogP contribution in [0.2, 0.25) is 0 Å². The van der Waals surface area contributed by atoms with Crippen molar-refractivity contribution in [2.24, 2.45) is 0 Å². The molecule has 3 aliphatic carbocycles. The molecule has 0 bridgehead atoms. The second-order valence-electron chi connectivity index (χ2n) is 10.8. The first kappa shape index (κ1) is 22.2. The summed E-state index contributed by atoms with van der Waals surface area (Å²) in [4.78, 5) is 4.19. The summed E-state index contributed by atoms with van der Waals surface area (Å²) in [5.74, 6) is 0. The Morgan fingerprint density at radius 2 is 1.51 bits per heavy atom. The Labute approximate surface area is 217 Å². The average molecular weight is 500 g/mol. The highest BCUT2D eigenvalue weighted by Gasteiger charge is 2.36. The standard InChI is InChI=1S/C31H35N2S2/c1-3-11-24(12-4-1)32-26-15-7-9-17-28(26)34-30(32)22-19-20-23(21-22)31-33(25-13-5-2-6-14-25)27-16-8-10-18-29(27)35-31/h7-10,15-18,21,24-25H,1-6,11-14,19-20H2/q+1. The largest absolute Gasteiger partial charge is 0.332 e. The number of fused-ring (bicyclic) bond motifs is 2. The molecule has 1 aliphatic heterocycles. The molecule has 0 N–H and O–H groups in total. The third-order valence-corrected chi connectivity index (χ3v) is 11.0. The van der Waals surface area contributed by atoms with Gasteiger partial charge in [0.1, 0.15) is 4.70 Å². The number of rotatable bonds is 3. The minimum absolute atomic E-state index is 0.663. The van der Waals surface area contributed by atoms with Gasteiger partial charge in [-0.05, 0) is 68.4 Å². The van der Waals surface area contributed by atoms with Crippen LogP contribution in [0.1, 0.15) is 88.1 Å². The fourth-order valence-corrected chi connectivity index (χ4v) is 9.34. The molecule has 0 amide bonds. The van der Waals surface area contributed by atoms with Crippen LogP contribution in [0.5, 0.6) is 0 Å². The highest BCUT2D eigenvalue weighted by molar-refractivity contribution is 8.03. The molecule has 0 spiro atoms. The van der Waals surface area contributed by atoms with Gasteiger partial charge in [-0.1, -0.05) is 73.0 Å². The summed E-state index contributed by atoms with van der Waals surface area (Å²) in [6, 6.07) is 19.6. The number of nitrogens with zero attached hydrogens (tertiary/aromatic N) is 2. The van der Waals surface area contributed by atoms with E-state index in [0.717, 1.165) is 0 Å². The van der Waals surface area contributed by atoms with Gasteiger partial charge in [0.25, 0.3) is 5.01 Å². The normalized spacial score (nSPS) is 23.8. The Hall–Kier alpha value is -2.04. The van der Waals surface area contributed by atoms with Crippen molar-refractivity contribution in [3.05, 3.63) is 70.2 Å². The molecule has 2 nitrogen and oxygen atoms in total. The zero-order valence-corrected chi connectivity index (χ0v) is 22.2. The summed E-state index contributed by atoms with van der Waals surface area (Å²) in [5, 5.41) is 3.05. The van der Waals surface area contributed by atoms with Gasteiger partial charge < -0.3 is 4.90 Å². The fourth-order valence-electron chi connectivity index (χ4n) is 6.82. The maximum atomic E-state index is 2.74. The molecule has 3 aromatic rings. The highest BCUT2D eigenvalue weighted by atomic mass is 32.2. The maximum absolute atomic E-state index is 2.74. The number of thiazole rings is 1. The van der Waals surface area contributed by atoms with Crippen LogP contribution in [0.25, 0.3) is 15.8 Å². The smallest absolute Gasteiger partial charge is 0.266 e. The van der Waals surface area contributed by atoms with Crippen LogP contribution < -0.4 is 9.47 Å². The van der Waals surface area contributed by atoms with Crippen LogP contribution in [0.4, 0.5) is 5.69 Å². The molecule has 2 aromatic carbocycles. The zero-order chi connectivity index (χ0) is 23.2. The van der Waals surface area contributed by atoms with E-state index in [2.05, 4.69) is 64.1 Å². The van der Waals surface area contributed by atoms with Gasteiger partial charge in [-0.15, -0.1) is 0 Å². The SMILES string of the molecule is C1=C(c2sc3ccccc3[n+]2C2CCCCC2)CCC1=C1Sc2ccccc2N1C1CCCCC1. The Balaban J connectivity index is 1.31. The number of hydrogen-bond donors (Lipinski definition) is 0. The molecule has 4 aliphatic rings. The van der Waals surface area contributed by atoms with Crippen LogP contribution in [-0.4, -0.2) is 6.04 Å². The second kappa shape index (κ2) is 9.44. The van der Waals surface area contributed by atoms with E-state index in [1.54, 1.807) is 11.1 Å². The molecule has 4 heteroatoms. The number of hydrogen-bond acceptors (Lipinski definition) is 3. The van der Waals surface area contributed by atoms with Crippen molar-refractivity contribution in [2.75, 3.05) is 4.90 Å². The van der Waals surface area contributed by atoms with Gasteiger partial charge in [0.05, 0.1) is 10.7 Å². The summed E-state index contributed by atoms with van der Waals surface area (Å²) >= 11 is 4.05. The van der Waals surface area contributed by atoms with E-state index in [0.29, 0.717) is 12.1 Å². The van der Waals surface area contributed by atoms with Crippen molar-refractivity contribution in [1.82, 2.24) is 0 Å². The van der Waals surface area contributed by atoms with Crippen molar-refractivity contribution >= 4 is 44.6 Å². The molecule has 35 heavy (non-hydrogen) atoms. The monoisotopic (exact) mass is 499 g/mol. The average Bonchev–Trinajstić information content (AvgIpc) is 3.64. The van der Waals surface area contributed by atoms with Crippen LogP contribution in [-0.2, 0) is 0 Å². The van der Waals surface area contributed by atoms with Crippen molar-refractivity contribution in [2.45, 2.75) is 94.0 Å². The van der Waals surface area contributed by atoms with Crippen LogP contribution in [0.3, 0.4) is 0 Å². The van der Waals surface area contributed by atoms with Crippen molar-refractivity contribution < 1.29 is 4.57 Å². The van der Waals surface area contributed by atoms with Crippen LogP contribution in [0.15, 0.2) is 70.1 Å². The number of aromatic nitrogens is 1. The number of anilines is 1. The topological polar surface area (TPSA) is 7.12 Å². The van der Waals surface area contributed by atoms with Gasteiger partial charge in [-0.25, -0.2) is 0 Å². The van der Waals surface area contributed by atoms with E-state index >= 15 is 0 Å². The molecule has 2 saturated carbocycles. The molecule has 0 atom stereocenters. The van der Waals surface area contributed by atoms with Crippen molar-refractivity contribution in [3.63, 3.8) is 0 Å². The zero-order valence-electron chi connectivity index (χ0n) is 20.5. The molecule has 180 valence electrons. The Kier molecular flexibility index (Phi) is 5.98. The molecule has 0 radical (unpaired) electrons. The van der Waals surface area contributed by atoms with Gasteiger partial charge in [0.2, 0.25) is 5.52 Å². The summed E-state index contributed by atoms with van der Waals surface area (Å²) in [6.45, 7) is 0. The predicted octanol–water partition coefficient (Wildman–Crippen LogP) is 9.03. The lowest BCUT2D eigenvalue weighted by Gasteiger charge is -2.34. The number of allylic oxidation sites excluding steroid dienone is 3. The minimum atomic E-state index is 0.663. The Morgan fingerprint density at radius 3 is 2.37 bits per heavy atom. The van der Waals surface area contributed by atoms with Gasteiger partial charge >= 0.3 is 0 Å². The van der Waals surface area contributed by atoms with Gasteiger partial charge in [0, 0.05) is 35.4 Å². The molecular weight excluding hydrogens is 464 g/mol. The van der Waals surface area contributed by atoms with Crippen LogP contribution in [0, 0.1) is 0 Å². The number of para-hydroxylation sites is 2. The van der Waals surface area contributed by atoms with E-state index in [4.69, 9.17) is 0 Å². The molecule has 0 saturated heterocycles. The maximum Gasteiger partial charge on any atom is 0.266 e. The van der Waals surface area contributed by atoms with E-state index in [1.165, 1.54) is 108 Å². The molecule has 7 rings (SSSR count). The first-order valence-electron chi connectivity index (χ1n) is 13.8. The lowest BCUT2D eigenvalue weighted by Crippen LogP contribution is -2.42. The van der Waals surface area contributed by atoms with E-state index in [-0.39, 0.29) is 0 Å². The van der Waals surface area contributed by atoms with E-state index < -0.39 is 0 Å². The number of benzene rings is 2. The van der Waals surface area contributed by atoms with Crippen molar-refractivity contribution in [3.8, 4) is 0 Å². The van der Waals surface area contributed by atoms with Gasteiger partial charge in [-0.2, -0.15) is 4.57 Å². The lowest BCUT2D eigenvalue weighted by atomic mass is 9.94. The van der Waals surface area contributed by atoms with Crippen molar-refractivity contribution in [1.29, 1.82) is 0 Å². The third-order valence-electron chi connectivity index (χ3n) is 8.54. The highest BCUT2D eigenvalue weighted by Crippen LogP contribution is 2.52. The Bertz CT molecular complexity index is 1300. The third kappa shape index (κ3) is 3.97. The number of thioether (sulfide) groups is 1. The first-order chi connectivity index (χ1) is 17.4. The summed E-state index contributed by atoms with van der Waals surface area (Å²) < 4.78 is 4.19. The first-order valence-corrected chi connectivity index (χ1v) is 15.4. The molecular formula is C31H35N2S2+. The van der Waals surface area contributed by atoms with E-state index in [1.807, 2.05) is 23.1 Å². The Morgan fingerprint density at radius 1 is 0.771 bits per heavy atom. The van der Waals surface area contributed by atoms with Gasteiger partial charge in [-0.3, -0.25) is 0 Å². The summed E-state index contributed by atoms with van der Waals surface area (Å²) in [6.07, 6.45) is 18.6. The van der Waals surface area contributed by atoms with Crippen LogP contribution >= 0.6 is 23.1 Å². The minimum Gasteiger partial charge on any atom is -0.332 e. The molecule has 0 unspecified atom stereocenters. The predicted molar refractivity (Wildman–Crippen MR) is 150 cm³/mol. The van der Waals surface area contributed by atoms with E-state index in [9.17, 15) is 0 Å². The molecule has 2 fully saturated rings. The second-order valence-corrected chi connectivity index (χ2v) is 12.8. The van der Waals surface area contributed by atoms with Gasteiger partial charge in [0.15, 0.2) is 6.04 Å². The quantitative estimate of drug-likeness (QED) is 0.332. The lowest BCUT2D eigenvalue weighted by molar-refractivity contribution is -0.699. The molecule has 1 aromatic heterocycles. The summed E-state index contributed by atoms with van der Waals surface area (Å²) in [5.41, 5.74) is 6.04. The fraction of sp³-hybridized carbons (Fsp3) is 0.452. The summed E-state index contributed by atoms with van der Waals surface area (Å²) in [7, 11) is 0.